The van der Waals surface area contributed by atoms with Gasteiger partial charge in [-0.3, -0.25) is 9.59 Å². The van der Waals surface area contributed by atoms with Crippen LogP contribution >= 0.6 is 0 Å². The summed E-state index contributed by atoms with van der Waals surface area (Å²) in [5.74, 6) is 0.509. The summed E-state index contributed by atoms with van der Waals surface area (Å²) in [4.78, 5) is 26.8. The minimum absolute atomic E-state index is 0.0293. The molecular weight excluding hydrogens is 368 g/mol. The van der Waals surface area contributed by atoms with Crippen molar-refractivity contribution >= 4 is 17.5 Å². The molecule has 0 aliphatic carbocycles. The molecule has 1 N–H and O–H groups in total. The van der Waals surface area contributed by atoms with Gasteiger partial charge in [0.2, 0.25) is 0 Å². The lowest BCUT2D eigenvalue weighted by molar-refractivity contribution is -0.139. The number of ether oxygens (including phenoxy) is 2. The first-order valence-corrected chi connectivity index (χ1v) is 10.9. The fraction of sp³-hybridized carbons (Fsp3) is 0.652. The minimum Gasteiger partial charge on any atom is -0.484 e. The normalized spacial score (nSPS) is 16.2. The third-order valence-electron chi connectivity index (χ3n) is 5.38. The zero-order valence-electron chi connectivity index (χ0n) is 18.2. The standard InChI is InChI=1S/C23H36N2O4/c1-4-6-8-15-23(3,29-5-2)22(27)24-19-11-13-20(14-12-19)28-18-21(26)25-16-9-7-10-17-25/h11-14H,4-10,15-18H2,1-3H3,(H,24,27)/t23-/m1/s1. The quantitative estimate of drug-likeness (QED) is 0.555. The lowest BCUT2D eigenvalue weighted by atomic mass is 9.96. The van der Waals surface area contributed by atoms with Crippen LogP contribution in [0.4, 0.5) is 5.69 Å². The molecule has 0 spiro atoms. The highest BCUT2D eigenvalue weighted by molar-refractivity contribution is 5.97. The van der Waals surface area contributed by atoms with Gasteiger partial charge in [0.15, 0.2) is 6.61 Å². The molecule has 1 fully saturated rings. The van der Waals surface area contributed by atoms with Gasteiger partial charge in [-0.1, -0.05) is 26.2 Å². The molecule has 0 saturated carbocycles. The van der Waals surface area contributed by atoms with E-state index in [1.165, 1.54) is 6.42 Å². The van der Waals surface area contributed by atoms with E-state index < -0.39 is 5.60 Å². The summed E-state index contributed by atoms with van der Waals surface area (Å²) < 4.78 is 11.4. The van der Waals surface area contributed by atoms with E-state index in [0.29, 0.717) is 24.5 Å². The van der Waals surface area contributed by atoms with Crippen LogP contribution in [-0.2, 0) is 14.3 Å². The van der Waals surface area contributed by atoms with Gasteiger partial charge >= 0.3 is 0 Å². The summed E-state index contributed by atoms with van der Waals surface area (Å²) in [7, 11) is 0. The Morgan fingerprint density at radius 2 is 1.76 bits per heavy atom. The van der Waals surface area contributed by atoms with Crippen LogP contribution in [0.15, 0.2) is 24.3 Å². The van der Waals surface area contributed by atoms with E-state index in [1.54, 1.807) is 24.3 Å². The van der Waals surface area contributed by atoms with Crippen molar-refractivity contribution in [3.63, 3.8) is 0 Å². The molecule has 1 atom stereocenters. The highest BCUT2D eigenvalue weighted by Crippen LogP contribution is 2.23. The molecule has 1 aliphatic rings. The number of hydrogen-bond donors (Lipinski definition) is 1. The van der Waals surface area contributed by atoms with Crippen LogP contribution < -0.4 is 10.1 Å². The van der Waals surface area contributed by atoms with Gasteiger partial charge in [0, 0.05) is 25.4 Å². The van der Waals surface area contributed by atoms with E-state index in [2.05, 4.69) is 12.2 Å². The molecule has 6 nitrogen and oxygen atoms in total. The molecule has 0 bridgehead atoms. The largest absolute Gasteiger partial charge is 0.484 e. The number of carbonyl (C=O) groups is 2. The second kappa shape index (κ2) is 11.8. The molecule has 1 aromatic rings. The second-order valence-corrected chi connectivity index (χ2v) is 7.83. The molecule has 2 amide bonds. The first kappa shape index (κ1) is 23.2. The van der Waals surface area contributed by atoms with Gasteiger partial charge in [-0.05, 0) is 63.8 Å². The lowest BCUT2D eigenvalue weighted by Crippen LogP contribution is -2.42. The van der Waals surface area contributed by atoms with Gasteiger partial charge < -0.3 is 19.7 Å². The molecule has 6 heteroatoms. The van der Waals surface area contributed by atoms with E-state index in [4.69, 9.17) is 9.47 Å². The number of piperidine rings is 1. The van der Waals surface area contributed by atoms with Crippen molar-refractivity contribution in [2.24, 2.45) is 0 Å². The highest BCUT2D eigenvalue weighted by atomic mass is 16.5. The van der Waals surface area contributed by atoms with E-state index in [0.717, 1.165) is 45.2 Å². The van der Waals surface area contributed by atoms with E-state index in [1.807, 2.05) is 18.7 Å². The summed E-state index contributed by atoms with van der Waals surface area (Å²) >= 11 is 0. The first-order valence-electron chi connectivity index (χ1n) is 10.9. The molecule has 29 heavy (non-hydrogen) atoms. The molecule has 1 aromatic carbocycles. The third-order valence-corrected chi connectivity index (χ3v) is 5.38. The summed E-state index contributed by atoms with van der Waals surface area (Å²) in [6.07, 6.45) is 7.17. The van der Waals surface area contributed by atoms with Crippen LogP contribution in [0.5, 0.6) is 5.75 Å². The van der Waals surface area contributed by atoms with Gasteiger partial charge in [0.05, 0.1) is 0 Å². The molecule has 2 rings (SSSR count). The Labute approximate surface area is 174 Å². The number of benzene rings is 1. The van der Waals surface area contributed by atoms with Gasteiger partial charge in [0.1, 0.15) is 11.4 Å². The van der Waals surface area contributed by atoms with Crippen molar-refractivity contribution in [2.45, 2.75) is 71.3 Å². The second-order valence-electron chi connectivity index (χ2n) is 7.83. The summed E-state index contributed by atoms with van der Waals surface area (Å²) in [5.41, 5.74) is -0.147. The van der Waals surface area contributed by atoms with Gasteiger partial charge in [0.25, 0.3) is 11.8 Å². The van der Waals surface area contributed by atoms with Crippen molar-refractivity contribution in [3.05, 3.63) is 24.3 Å². The molecule has 1 heterocycles. The Morgan fingerprint density at radius 1 is 1.07 bits per heavy atom. The minimum atomic E-state index is -0.833. The number of likely N-dealkylation sites (tertiary alicyclic amines) is 1. The average molecular weight is 405 g/mol. The van der Waals surface area contributed by atoms with Crippen LogP contribution in [0.3, 0.4) is 0 Å². The summed E-state index contributed by atoms with van der Waals surface area (Å²) in [6.45, 7) is 8.09. The Morgan fingerprint density at radius 3 is 2.38 bits per heavy atom. The maximum absolute atomic E-state index is 12.8. The molecule has 1 aliphatic heterocycles. The summed E-state index contributed by atoms with van der Waals surface area (Å²) in [5, 5.41) is 2.94. The van der Waals surface area contributed by atoms with E-state index in [-0.39, 0.29) is 18.4 Å². The molecule has 0 radical (unpaired) electrons. The Bertz CT molecular complexity index is 641. The molecule has 1 saturated heterocycles. The van der Waals surface area contributed by atoms with Gasteiger partial charge in [-0.15, -0.1) is 0 Å². The van der Waals surface area contributed by atoms with Crippen LogP contribution in [-0.4, -0.2) is 48.6 Å². The molecule has 162 valence electrons. The van der Waals surface area contributed by atoms with Crippen molar-refractivity contribution in [3.8, 4) is 5.75 Å². The van der Waals surface area contributed by atoms with Crippen LogP contribution in [0.1, 0.15) is 65.7 Å². The predicted octanol–water partition coefficient (Wildman–Crippen LogP) is 4.39. The van der Waals surface area contributed by atoms with Crippen molar-refractivity contribution < 1.29 is 19.1 Å². The van der Waals surface area contributed by atoms with Crippen LogP contribution in [0.2, 0.25) is 0 Å². The Balaban J connectivity index is 1.86. The average Bonchev–Trinajstić information content (AvgIpc) is 2.74. The molecular formula is C23H36N2O4. The van der Waals surface area contributed by atoms with Gasteiger partial charge in [-0.2, -0.15) is 0 Å². The predicted molar refractivity (Wildman–Crippen MR) is 115 cm³/mol. The Hall–Kier alpha value is -2.08. The van der Waals surface area contributed by atoms with Crippen LogP contribution in [0.25, 0.3) is 0 Å². The number of amides is 2. The number of nitrogens with one attached hydrogen (secondary N) is 1. The summed E-state index contributed by atoms with van der Waals surface area (Å²) in [6, 6.07) is 7.12. The van der Waals surface area contributed by atoms with Crippen molar-refractivity contribution in [1.82, 2.24) is 4.90 Å². The SMILES string of the molecule is CCCCC[C@@](C)(OCC)C(=O)Nc1ccc(OCC(=O)N2CCCCC2)cc1. The number of rotatable bonds is 11. The van der Waals surface area contributed by atoms with E-state index in [9.17, 15) is 9.59 Å². The van der Waals surface area contributed by atoms with Crippen LogP contribution in [0, 0.1) is 0 Å². The van der Waals surface area contributed by atoms with Gasteiger partial charge in [-0.25, -0.2) is 0 Å². The fourth-order valence-electron chi connectivity index (χ4n) is 3.56. The third kappa shape index (κ3) is 7.35. The maximum atomic E-state index is 12.8. The number of anilines is 1. The lowest BCUT2D eigenvalue weighted by Gasteiger charge is -2.28. The maximum Gasteiger partial charge on any atom is 0.260 e. The monoisotopic (exact) mass is 404 g/mol. The number of carbonyl (C=O) groups excluding carboxylic acids is 2. The highest BCUT2D eigenvalue weighted by Gasteiger charge is 2.33. The molecule has 0 unspecified atom stereocenters. The van der Waals surface area contributed by atoms with Crippen molar-refractivity contribution in [1.29, 1.82) is 0 Å². The zero-order chi connectivity index (χ0) is 21.1. The number of unbranched alkanes of at least 4 members (excludes halogenated alkanes) is 2. The molecule has 0 aromatic heterocycles. The van der Waals surface area contributed by atoms with E-state index >= 15 is 0 Å². The first-order chi connectivity index (χ1) is 14.0. The number of hydrogen-bond acceptors (Lipinski definition) is 4. The number of nitrogens with zero attached hydrogens (tertiary/aromatic N) is 1. The fourth-order valence-corrected chi connectivity index (χ4v) is 3.56. The zero-order valence-corrected chi connectivity index (χ0v) is 18.2. The topological polar surface area (TPSA) is 67.9 Å². The smallest absolute Gasteiger partial charge is 0.260 e. The Kier molecular flexibility index (Phi) is 9.45. The van der Waals surface area contributed by atoms with Crippen molar-refractivity contribution in [2.75, 3.05) is 31.6 Å².